The number of hydrogen-bond donors (Lipinski definition) is 2. The topological polar surface area (TPSA) is 110 Å². The highest BCUT2D eigenvalue weighted by molar-refractivity contribution is 8.00. The average Bonchev–Trinajstić information content (AvgIpc) is 3.87. The highest BCUT2D eigenvalue weighted by Gasteiger charge is 2.70. The van der Waals surface area contributed by atoms with E-state index in [4.69, 9.17) is 4.74 Å². The molecule has 10 atom stereocenters. The summed E-state index contributed by atoms with van der Waals surface area (Å²) in [7, 11) is -1.88. The number of benzene rings is 1. The number of ether oxygens (including phenoxy) is 1. The monoisotopic (exact) mass is 866 g/mol. The van der Waals surface area contributed by atoms with Gasteiger partial charge in [-0.25, -0.2) is 0 Å². The minimum Gasteiger partial charge on any atom is -0.481 e. The van der Waals surface area contributed by atoms with Crippen molar-refractivity contribution in [1.29, 1.82) is 0 Å². The van der Waals surface area contributed by atoms with E-state index in [1.54, 1.807) is 10.9 Å². The van der Waals surface area contributed by atoms with Crippen molar-refractivity contribution >= 4 is 21.4 Å². The number of para-hydroxylation sites is 1. The highest BCUT2D eigenvalue weighted by atomic mass is 32.2. The molecule has 1 unspecified atom stereocenters. The summed E-state index contributed by atoms with van der Waals surface area (Å²) in [5.41, 5.74) is 4.93. The summed E-state index contributed by atoms with van der Waals surface area (Å²) in [6.07, 6.45) is 19.4. The minimum absolute atomic E-state index is 0.00781. The molecule has 0 spiro atoms. The zero-order valence-electron chi connectivity index (χ0n) is 38.7. The summed E-state index contributed by atoms with van der Waals surface area (Å²) in [4.78, 5) is 15.5. The molecule has 9 nitrogen and oxygen atoms in total. The molecule has 1 aromatic carbocycles. The Balaban J connectivity index is 0.921. The standard InChI is InChI=1S/C52H75N5O4S/c1-36(2)39-18-25-52(53-28-29-56-30-32-62(8,60)33-31-56)27-26-49(6)41(45(39)52)14-15-43-48(5)21-19-40(47(3,4)42(48)20-22-50(43,49)7)37-16-23-51(24-17-37,46(58)59)35-61-44-34-54-55-57(44)38-12-10-9-11-13-38/h9-13,16,19,34,39,41-43,45,53H,1,8,14-15,17-18,20-33,35H2,2-7H3,(H,58,59)/t39-,41+,42-,43+,45+,48-,49+,50+,51?,52-/m0/s1. The van der Waals surface area contributed by atoms with Gasteiger partial charge in [0.05, 0.1) is 5.69 Å². The number of aliphatic carboxylic acids is 1. The van der Waals surface area contributed by atoms with Crippen LogP contribution in [0.2, 0.25) is 0 Å². The van der Waals surface area contributed by atoms with E-state index < -0.39 is 20.9 Å². The number of hydrogen-bond acceptors (Lipinski definition) is 7. The SMILES string of the molecule is C=C(C)[C@@H]1CC[C@]2(NCCN3CCS(=C)(=O)CC3)CC[C@]3(C)[C@H](CC[C@@H]4[C@@]5(C)CC=C(C6=CCC(COc7cnnn7-c7ccccc7)(C(=O)O)CC6)C(C)(C)[C@@H]5CC[C@]43C)[C@@H]12. The summed E-state index contributed by atoms with van der Waals surface area (Å²) in [5.74, 6) is 8.23. The maximum Gasteiger partial charge on any atom is 0.313 e. The molecule has 10 heteroatoms. The fourth-order valence-corrected chi connectivity index (χ4v) is 17.3. The van der Waals surface area contributed by atoms with E-state index in [1.807, 2.05) is 30.3 Å². The van der Waals surface area contributed by atoms with Crippen molar-refractivity contribution in [3.8, 4) is 11.6 Å². The lowest BCUT2D eigenvalue weighted by atomic mass is 9.33. The molecular formula is C52H75N5O4S. The summed E-state index contributed by atoms with van der Waals surface area (Å²) in [6.45, 7) is 24.0. The summed E-state index contributed by atoms with van der Waals surface area (Å²) >= 11 is 0. The maximum atomic E-state index is 13.0. The van der Waals surface area contributed by atoms with Gasteiger partial charge in [0, 0.05) is 43.2 Å². The predicted molar refractivity (Wildman–Crippen MR) is 251 cm³/mol. The summed E-state index contributed by atoms with van der Waals surface area (Å²) < 4.78 is 20.4. The lowest BCUT2D eigenvalue weighted by Gasteiger charge is -2.72. The van der Waals surface area contributed by atoms with Gasteiger partial charge < -0.3 is 20.1 Å². The molecule has 2 aromatic rings. The normalized spacial score (nSPS) is 39.9. The first-order valence-electron chi connectivity index (χ1n) is 24.1. The number of carboxylic acid groups (broad SMARTS) is 1. The third-order valence-corrected chi connectivity index (χ3v) is 21.4. The maximum absolute atomic E-state index is 13.0. The van der Waals surface area contributed by atoms with Crippen molar-refractivity contribution in [3.63, 3.8) is 0 Å². The van der Waals surface area contributed by atoms with Crippen LogP contribution in [0.4, 0.5) is 0 Å². The van der Waals surface area contributed by atoms with Gasteiger partial charge in [-0.3, -0.25) is 9.00 Å². The Labute approximate surface area is 372 Å². The van der Waals surface area contributed by atoms with Crippen LogP contribution in [0.15, 0.2) is 72.0 Å². The molecule has 6 aliphatic carbocycles. The van der Waals surface area contributed by atoms with Crippen molar-refractivity contribution in [1.82, 2.24) is 25.2 Å². The quantitative estimate of drug-likeness (QED) is 0.170. The second kappa shape index (κ2) is 15.7. The van der Waals surface area contributed by atoms with Gasteiger partial charge in [-0.15, -0.1) is 5.10 Å². The van der Waals surface area contributed by atoms with E-state index in [9.17, 15) is 14.1 Å². The predicted octanol–water partition coefficient (Wildman–Crippen LogP) is 9.40. The van der Waals surface area contributed by atoms with Gasteiger partial charge in [-0.2, -0.15) is 4.68 Å². The molecule has 1 aliphatic heterocycles. The van der Waals surface area contributed by atoms with E-state index in [2.05, 4.69) is 86.7 Å². The molecule has 2 heterocycles. The van der Waals surface area contributed by atoms with E-state index in [0.717, 1.165) is 56.2 Å². The molecule has 9 rings (SSSR count). The van der Waals surface area contributed by atoms with Gasteiger partial charge in [0.1, 0.15) is 18.2 Å². The van der Waals surface area contributed by atoms with E-state index in [0.29, 0.717) is 48.3 Å². The van der Waals surface area contributed by atoms with Crippen molar-refractivity contribution in [2.75, 3.05) is 44.3 Å². The van der Waals surface area contributed by atoms with Gasteiger partial charge in [-0.05, 0) is 174 Å². The largest absolute Gasteiger partial charge is 0.481 e. The Morgan fingerprint density at radius 2 is 1.69 bits per heavy atom. The Morgan fingerprint density at radius 3 is 2.39 bits per heavy atom. The zero-order valence-corrected chi connectivity index (χ0v) is 39.5. The fraction of sp³-hybridized carbons (Fsp3) is 0.692. The van der Waals surface area contributed by atoms with Gasteiger partial charge in [-0.1, -0.05) is 82.3 Å². The number of carboxylic acids is 1. The first kappa shape index (κ1) is 44.0. The molecule has 0 bridgehead atoms. The van der Waals surface area contributed by atoms with Gasteiger partial charge in [0.15, 0.2) is 0 Å². The first-order valence-corrected chi connectivity index (χ1v) is 26.1. The Hall–Kier alpha value is -3.21. The van der Waals surface area contributed by atoms with E-state index in [1.165, 1.54) is 68.1 Å². The van der Waals surface area contributed by atoms with Crippen molar-refractivity contribution < 1.29 is 18.8 Å². The summed E-state index contributed by atoms with van der Waals surface area (Å²) in [6, 6.07) is 9.69. The van der Waals surface area contributed by atoms with Crippen LogP contribution in [0.25, 0.3) is 5.69 Å². The first-order chi connectivity index (χ1) is 29.4. The van der Waals surface area contributed by atoms with Gasteiger partial charge in [0.25, 0.3) is 0 Å². The smallest absolute Gasteiger partial charge is 0.313 e. The van der Waals surface area contributed by atoms with Crippen LogP contribution in [-0.4, -0.2) is 90.9 Å². The lowest BCUT2D eigenvalue weighted by Crippen LogP contribution is -2.68. The molecule has 0 radical (unpaired) electrons. The van der Waals surface area contributed by atoms with Crippen LogP contribution < -0.4 is 10.1 Å². The Kier molecular flexibility index (Phi) is 11.2. The molecular weight excluding hydrogens is 791 g/mol. The van der Waals surface area contributed by atoms with Crippen LogP contribution in [0.3, 0.4) is 0 Å². The molecule has 4 saturated carbocycles. The van der Waals surface area contributed by atoms with Crippen LogP contribution in [0.1, 0.15) is 119 Å². The number of nitrogens with zero attached hydrogens (tertiary/aromatic N) is 4. The zero-order chi connectivity index (χ0) is 43.9. The second-order valence-electron chi connectivity index (χ2n) is 22.7. The van der Waals surface area contributed by atoms with Crippen LogP contribution >= 0.6 is 0 Å². The van der Waals surface area contributed by atoms with Crippen LogP contribution in [0.5, 0.6) is 5.88 Å². The molecule has 1 aromatic heterocycles. The molecule has 338 valence electrons. The Bertz CT molecular complexity index is 2220. The molecule has 2 N–H and O–H groups in total. The third kappa shape index (κ3) is 7.01. The van der Waals surface area contributed by atoms with Crippen molar-refractivity contribution in [3.05, 3.63) is 72.0 Å². The number of fused-ring (bicyclic) bond motifs is 7. The van der Waals surface area contributed by atoms with Crippen LogP contribution in [0, 0.1) is 56.7 Å². The number of allylic oxidation sites excluding steroid dienone is 5. The number of nitrogens with one attached hydrogen (secondary N) is 1. The fourth-order valence-electron chi connectivity index (χ4n) is 15.9. The van der Waals surface area contributed by atoms with Crippen molar-refractivity contribution in [2.24, 2.45) is 56.7 Å². The molecule has 7 aliphatic rings. The molecule has 62 heavy (non-hydrogen) atoms. The lowest BCUT2D eigenvalue weighted by molar-refractivity contribution is -0.221. The van der Waals surface area contributed by atoms with Crippen LogP contribution in [-0.2, 0) is 14.3 Å². The second-order valence-corrected chi connectivity index (χ2v) is 25.4. The molecule has 1 saturated heterocycles. The highest BCUT2D eigenvalue weighted by Crippen LogP contribution is 2.76. The van der Waals surface area contributed by atoms with Gasteiger partial charge >= 0.3 is 5.97 Å². The van der Waals surface area contributed by atoms with E-state index >= 15 is 0 Å². The third-order valence-electron chi connectivity index (χ3n) is 19.5. The average molecular weight is 866 g/mol. The number of aromatic nitrogens is 3. The molecule has 5 fully saturated rings. The summed E-state index contributed by atoms with van der Waals surface area (Å²) in [5, 5.41) is 23.2. The van der Waals surface area contributed by atoms with Crippen molar-refractivity contribution in [2.45, 2.75) is 124 Å². The van der Waals surface area contributed by atoms with Gasteiger partial charge in [0.2, 0.25) is 5.88 Å². The Morgan fingerprint density at radius 1 is 0.935 bits per heavy atom. The minimum atomic E-state index is -1.88. The number of carbonyl (C=O) groups is 1. The number of rotatable bonds is 11. The van der Waals surface area contributed by atoms with E-state index in [-0.39, 0.29) is 33.8 Å². The molecule has 0 amide bonds.